The van der Waals surface area contributed by atoms with Gasteiger partial charge in [-0.1, -0.05) is 46.8 Å². The molecule has 4 heteroatoms. The molecule has 0 aliphatic carbocycles. The van der Waals surface area contributed by atoms with E-state index in [0.717, 1.165) is 39.9 Å². The van der Waals surface area contributed by atoms with Crippen LogP contribution in [0.5, 0.6) is 0 Å². The second-order valence-electron chi connectivity index (χ2n) is 5.84. The fourth-order valence-corrected chi connectivity index (χ4v) is 3.28. The zero-order valence-corrected chi connectivity index (χ0v) is 15.3. The van der Waals surface area contributed by atoms with E-state index in [1.165, 1.54) is 0 Å². The first kappa shape index (κ1) is 16.9. The first-order chi connectivity index (χ1) is 11.6. The van der Waals surface area contributed by atoms with Gasteiger partial charge in [0.1, 0.15) is 0 Å². The Hall–Kier alpha value is -1.91. The molecule has 2 aromatic rings. The van der Waals surface area contributed by atoms with Crippen LogP contribution in [0.3, 0.4) is 0 Å². The third-order valence-electron chi connectivity index (χ3n) is 4.27. The zero-order valence-electron chi connectivity index (χ0n) is 13.7. The highest BCUT2D eigenvalue weighted by Gasteiger charge is 2.21. The number of carbonyl (C=O) groups is 1. The number of benzene rings is 2. The monoisotopic (exact) mass is 385 g/mol. The SMILES string of the molecule is C=C(c1ccc(Br)cc1)c1c(C(C)=O)cccc1N1CCOCC1. The fraction of sp³-hybridized carbons (Fsp3) is 0.250. The van der Waals surface area contributed by atoms with Gasteiger partial charge in [-0.2, -0.15) is 0 Å². The topological polar surface area (TPSA) is 29.5 Å². The van der Waals surface area contributed by atoms with Gasteiger partial charge in [0.25, 0.3) is 0 Å². The number of Topliss-reactive ketones (excluding diaryl/α,β-unsaturated/α-hetero) is 1. The van der Waals surface area contributed by atoms with Crippen molar-refractivity contribution >= 4 is 33.0 Å². The quantitative estimate of drug-likeness (QED) is 0.722. The summed E-state index contributed by atoms with van der Waals surface area (Å²) in [5, 5.41) is 0. The number of nitrogens with zero attached hydrogens (tertiary/aromatic N) is 1. The number of anilines is 1. The van der Waals surface area contributed by atoms with E-state index in [-0.39, 0.29) is 5.78 Å². The van der Waals surface area contributed by atoms with Crippen molar-refractivity contribution in [3.8, 4) is 0 Å². The first-order valence-corrected chi connectivity index (χ1v) is 8.79. The van der Waals surface area contributed by atoms with Crippen LogP contribution in [-0.4, -0.2) is 32.1 Å². The van der Waals surface area contributed by atoms with Crippen molar-refractivity contribution in [2.24, 2.45) is 0 Å². The molecule has 124 valence electrons. The number of carbonyl (C=O) groups excluding carboxylic acids is 1. The van der Waals surface area contributed by atoms with Gasteiger partial charge in [0.15, 0.2) is 5.78 Å². The molecule has 3 nitrogen and oxygen atoms in total. The molecular weight excluding hydrogens is 366 g/mol. The van der Waals surface area contributed by atoms with Gasteiger partial charge in [-0.3, -0.25) is 4.79 Å². The summed E-state index contributed by atoms with van der Waals surface area (Å²) >= 11 is 3.46. The van der Waals surface area contributed by atoms with Gasteiger partial charge in [0.2, 0.25) is 0 Å². The number of rotatable bonds is 4. The molecule has 0 N–H and O–H groups in total. The van der Waals surface area contributed by atoms with Crippen LogP contribution >= 0.6 is 15.9 Å². The lowest BCUT2D eigenvalue weighted by Gasteiger charge is -2.31. The Labute approximate surface area is 151 Å². The highest BCUT2D eigenvalue weighted by molar-refractivity contribution is 9.10. The summed E-state index contributed by atoms with van der Waals surface area (Å²) in [6, 6.07) is 13.9. The summed E-state index contributed by atoms with van der Waals surface area (Å²) in [6.07, 6.45) is 0. The van der Waals surface area contributed by atoms with E-state index in [9.17, 15) is 4.79 Å². The first-order valence-electron chi connectivity index (χ1n) is 8.00. The van der Waals surface area contributed by atoms with Crippen LogP contribution in [-0.2, 0) is 4.74 Å². The Kier molecular flexibility index (Phi) is 5.17. The van der Waals surface area contributed by atoms with E-state index >= 15 is 0 Å². The maximum Gasteiger partial charge on any atom is 0.160 e. The van der Waals surface area contributed by atoms with E-state index in [1.807, 2.05) is 36.4 Å². The second kappa shape index (κ2) is 7.32. The number of hydrogen-bond acceptors (Lipinski definition) is 3. The molecule has 0 radical (unpaired) electrons. The third-order valence-corrected chi connectivity index (χ3v) is 4.80. The molecule has 0 atom stereocenters. The predicted octanol–water partition coefficient (Wildman–Crippen LogP) is 4.55. The van der Waals surface area contributed by atoms with E-state index in [1.54, 1.807) is 6.92 Å². The average Bonchev–Trinajstić information content (AvgIpc) is 2.62. The third kappa shape index (κ3) is 3.45. The maximum absolute atomic E-state index is 12.2. The molecule has 0 spiro atoms. The van der Waals surface area contributed by atoms with Crippen LogP contribution < -0.4 is 4.90 Å². The highest BCUT2D eigenvalue weighted by Crippen LogP contribution is 2.34. The molecule has 0 bridgehead atoms. The minimum absolute atomic E-state index is 0.0540. The molecule has 1 aliphatic rings. The van der Waals surface area contributed by atoms with Crippen LogP contribution in [0.25, 0.3) is 5.57 Å². The summed E-state index contributed by atoms with van der Waals surface area (Å²) in [5.74, 6) is 0.0540. The predicted molar refractivity (Wildman–Crippen MR) is 102 cm³/mol. The smallest absolute Gasteiger partial charge is 0.160 e. The maximum atomic E-state index is 12.2. The summed E-state index contributed by atoms with van der Waals surface area (Å²) in [5.41, 5.74) is 4.58. The Balaban J connectivity index is 2.10. The van der Waals surface area contributed by atoms with Gasteiger partial charge >= 0.3 is 0 Å². The lowest BCUT2D eigenvalue weighted by Crippen LogP contribution is -2.37. The molecule has 0 aromatic heterocycles. The molecule has 1 saturated heterocycles. The van der Waals surface area contributed by atoms with Crippen molar-refractivity contribution in [2.75, 3.05) is 31.2 Å². The number of halogens is 1. The normalized spacial score (nSPS) is 14.5. The highest BCUT2D eigenvalue weighted by atomic mass is 79.9. The van der Waals surface area contributed by atoms with Gasteiger partial charge < -0.3 is 9.64 Å². The Morgan fingerprint density at radius 1 is 1.12 bits per heavy atom. The van der Waals surface area contributed by atoms with Crippen LogP contribution in [0, 0.1) is 0 Å². The van der Waals surface area contributed by atoms with Crippen molar-refractivity contribution in [2.45, 2.75) is 6.92 Å². The molecule has 3 rings (SSSR count). The van der Waals surface area contributed by atoms with Crippen molar-refractivity contribution in [3.63, 3.8) is 0 Å². The molecule has 0 unspecified atom stereocenters. The van der Waals surface area contributed by atoms with E-state index < -0.39 is 0 Å². The minimum atomic E-state index is 0.0540. The standard InChI is InChI=1S/C20H20BrNO2/c1-14(16-6-8-17(21)9-7-16)20-18(15(2)23)4-3-5-19(20)22-10-12-24-13-11-22/h3-9H,1,10-13H2,2H3. The van der Waals surface area contributed by atoms with Crippen LogP contribution in [0.4, 0.5) is 5.69 Å². The van der Waals surface area contributed by atoms with Crippen LogP contribution in [0.15, 0.2) is 53.5 Å². The molecule has 2 aromatic carbocycles. The van der Waals surface area contributed by atoms with Gasteiger partial charge in [-0.05, 0) is 36.3 Å². The molecule has 1 aliphatic heterocycles. The lowest BCUT2D eigenvalue weighted by atomic mass is 9.91. The number of ether oxygens (including phenoxy) is 1. The Morgan fingerprint density at radius 2 is 1.79 bits per heavy atom. The lowest BCUT2D eigenvalue weighted by molar-refractivity contribution is 0.101. The minimum Gasteiger partial charge on any atom is -0.378 e. The van der Waals surface area contributed by atoms with Crippen LogP contribution in [0.2, 0.25) is 0 Å². The van der Waals surface area contributed by atoms with Gasteiger partial charge in [0.05, 0.1) is 13.2 Å². The summed E-state index contributed by atoms with van der Waals surface area (Å²) in [4.78, 5) is 14.5. The number of ketones is 1. The fourth-order valence-electron chi connectivity index (χ4n) is 3.01. The van der Waals surface area contributed by atoms with Gasteiger partial charge in [0, 0.05) is 34.4 Å². The van der Waals surface area contributed by atoms with Crippen molar-refractivity contribution < 1.29 is 9.53 Å². The second-order valence-corrected chi connectivity index (χ2v) is 6.76. The van der Waals surface area contributed by atoms with Crippen LogP contribution in [0.1, 0.15) is 28.4 Å². The molecule has 1 heterocycles. The number of morpholine rings is 1. The molecule has 24 heavy (non-hydrogen) atoms. The summed E-state index contributed by atoms with van der Waals surface area (Å²) in [6.45, 7) is 8.95. The van der Waals surface area contributed by atoms with Gasteiger partial charge in [-0.25, -0.2) is 0 Å². The van der Waals surface area contributed by atoms with Crippen molar-refractivity contribution in [3.05, 3.63) is 70.2 Å². The molecular formula is C20H20BrNO2. The number of hydrogen-bond donors (Lipinski definition) is 0. The van der Waals surface area contributed by atoms with Crippen molar-refractivity contribution in [1.82, 2.24) is 0 Å². The van der Waals surface area contributed by atoms with E-state index in [0.29, 0.717) is 18.8 Å². The molecule has 0 amide bonds. The van der Waals surface area contributed by atoms with E-state index in [4.69, 9.17) is 4.74 Å². The van der Waals surface area contributed by atoms with E-state index in [2.05, 4.69) is 33.5 Å². The largest absolute Gasteiger partial charge is 0.378 e. The van der Waals surface area contributed by atoms with Gasteiger partial charge in [-0.15, -0.1) is 0 Å². The summed E-state index contributed by atoms with van der Waals surface area (Å²) in [7, 11) is 0. The average molecular weight is 386 g/mol. The summed E-state index contributed by atoms with van der Waals surface area (Å²) < 4.78 is 6.48. The molecule has 1 fully saturated rings. The zero-order chi connectivity index (χ0) is 17.1. The van der Waals surface area contributed by atoms with Crippen molar-refractivity contribution in [1.29, 1.82) is 0 Å². The molecule has 0 saturated carbocycles. The Bertz CT molecular complexity index is 762. The Morgan fingerprint density at radius 3 is 2.42 bits per heavy atom.